The van der Waals surface area contributed by atoms with Crippen LogP contribution in [0, 0.1) is 23.7 Å². The number of rotatable bonds is 12. The highest BCUT2D eigenvalue weighted by Crippen LogP contribution is 2.42. The lowest BCUT2D eigenvalue weighted by atomic mass is 9.99. The quantitative estimate of drug-likeness (QED) is 0.194. The Bertz CT molecular complexity index is 2120. The van der Waals surface area contributed by atoms with Crippen molar-refractivity contribution in [1.29, 1.82) is 0 Å². The van der Waals surface area contributed by atoms with Crippen LogP contribution in [0.3, 0.4) is 0 Å². The molecule has 0 saturated carbocycles. The summed E-state index contributed by atoms with van der Waals surface area (Å²) in [6, 6.07) is 4.93. The fourth-order valence-corrected chi connectivity index (χ4v) is 8.64. The van der Waals surface area contributed by atoms with Gasteiger partial charge in [-0.25, -0.2) is 19.2 Å². The van der Waals surface area contributed by atoms with E-state index in [1.807, 2.05) is 78.1 Å². The number of esters is 4. The van der Waals surface area contributed by atoms with Crippen molar-refractivity contribution >= 4 is 41.6 Å². The number of likely N-dealkylation sites (N-methyl/N-ethyl adjacent to an activating group) is 4. The molecule has 17 heteroatoms. The lowest BCUT2D eigenvalue weighted by Crippen LogP contribution is -2.54. The average molecular weight is 949 g/mol. The molecule has 2 heterocycles. The number of benzene rings is 1. The molecule has 0 bridgehead atoms. The van der Waals surface area contributed by atoms with Gasteiger partial charge in [-0.15, -0.1) is 0 Å². The molecule has 2 unspecified atom stereocenters. The summed E-state index contributed by atoms with van der Waals surface area (Å²) in [5.41, 5.74) is 0.918. The Morgan fingerprint density at radius 3 is 1.60 bits per heavy atom. The van der Waals surface area contributed by atoms with Gasteiger partial charge in [-0.1, -0.05) is 86.6 Å². The predicted molar refractivity (Wildman–Crippen MR) is 254 cm³/mol. The van der Waals surface area contributed by atoms with E-state index in [1.165, 1.54) is 37.9 Å². The number of cyclic esters (lactones) is 3. The Balaban J connectivity index is 1.80. The second-order valence-electron chi connectivity index (χ2n) is 20.2. The van der Waals surface area contributed by atoms with Crippen molar-refractivity contribution in [3.8, 4) is 0 Å². The number of hydrogen-bond donors (Lipinski definition) is 0. The van der Waals surface area contributed by atoms with Crippen LogP contribution in [0.15, 0.2) is 54.5 Å². The topological polar surface area (TPSA) is 187 Å². The average Bonchev–Trinajstić information content (AvgIpc) is 3.64. The maximum atomic E-state index is 14.8. The van der Waals surface area contributed by atoms with E-state index in [4.69, 9.17) is 18.9 Å². The number of amides is 3. The summed E-state index contributed by atoms with van der Waals surface area (Å²) in [5.74, 6) is -5.82. The van der Waals surface area contributed by atoms with Crippen LogP contribution in [0.1, 0.15) is 113 Å². The minimum Gasteiger partial charge on any atom is -0.451 e. The molecule has 2 aliphatic rings. The molecule has 2 aromatic rings. The second-order valence-corrected chi connectivity index (χ2v) is 20.2. The normalized spacial score (nSPS) is 26.7. The second kappa shape index (κ2) is 23.5. The summed E-state index contributed by atoms with van der Waals surface area (Å²) >= 11 is 0. The van der Waals surface area contributed by atoms with E-state index in [0.29, 0.717) is 24.2 Å². The van der Waals surface area contributed by atoms with E-state index >= 15 is 0 Å². The third-order valence-corrected chi connectivity index (χ3v) is 12.6. The molecule has 8 atom stereocenters. The van der Waals surface area contributed by atoms with Gasteiger partial charge in [-0.2, -0.15) is 5.10 Å². The van der Waals surface area contributed by atoms with E-state index in [9.17, 15) is 33.6 Å². The van der Waals surface area contributed by atoms with Gasteiger partial charge >= 0.3 is 23.9 Å². The highest BCUT2D eigenvalue weighted by molar-refractivity contribution is 5.93. The van der Waals surface area contributed by atoms with Gasteiger partial charge in [0.1, 0.15) is 24.2 Å². The van der Waals surface area contributed by atoms with Crippen molar-refractivity contribution in [2.45, 2.75) is 163 Å². The van der Waals surface area contributed by atoms with E-state index in [1.54, 1.807) is 56.6 Å². The van der Waals surface area contributed by atoms with Gasteiger partial charge in [0.25, 0.3) is 17.7 Å². The molecule has 4 rings (SSSR count). The fourth-order valence-electron chi connectivity index (χ4n) is 8.64. The highest BCUT2D eigenvalue weighted by atomic mass is 16.6. The minimum absolute atomic E-state index is 0.0191. The van der Waals surface area contributed by atoms with Crippen molar-refractivity contribution < 1.29 is 52.5 Å². The van der Waals surface area contributed by atoms with Gasteiger partial charge in [0, 0.05) is 47.0 Å². The fraction of sp³-hybridized carbons (Fsp3) is 0.647. The maximum absolute atomic E-state index is 14.8. The third kappa shape index (κ3) is 13.9. The Hall–Kier alpha value is -5.74. The van der Waals surface area contributed by atoms with Crippen LogP contribution < -0.4 is 0 Å². The van der Waals surface area contributed by atoms with Crippen LogP contribution in [-0.4, -0.2) is 147 Å². The van der Waals surface area contributed by atoms with Crippen molar-refractivity contribution in [2.24, 2.45) is 23.7 Å². The van der Waals surface area contributed by atoms with Crippen LogP contribution in [0.4, 0.5) is 0 Å². The van der Waals surface area contributed by atoms with Gasteiger partial charge in [0.05, 0.1) is 12.2 Å². The van der Waals surface area contributed by atoms with E-state index in [2.05, 4.69) is 5.10 Å². The van der Waals surface area contributed by atoms with Gasteiger partial charge in [-0.05, 0) is 86.5 Å². The highest BCUT2D eigenvalue weighted by Gasteiger charge is 2.51. The molecule has 3 amide bonds. The van der Waals surface area contributed by atoms with Gasteiger partial charge in [0.2, 0.25) is 0 Å². The summed E-state index contributed by atoms with van der Waals surface area (Å²) < 4.78 is 25.9. The molecule has 376 valence electrons. The molecule has 1 aliphatic carbocycles. The first kappa shape index (κ1) is 54.9. The number of carbonyl (C=O) groups is 7. The summed E-state index contributed by atoms with van der Waals surface area (Å²) in [5, 5.41) is 4.28. The molecule has 1 aliphatic heterocycles. The van der Waals surface area contributed by atoms with Crippen molar-refractivity contribution in [1.82, 2.24) is 29.4 Å². The predicted octanol–water partition coefficient (Wildman–Crippen LogP) is 5.43. The Morgan fingerprint density at radius 2 is 1.10 bits per heavy atom. The summed E-state index contributed by atoms with van der Waals surface area (Å²) in [7, 11) is 6.00. The summed E-state index contributed by atoms with van der Waals surface area (Å²) in [6.45, 7) is 20.2. The summed E-state index contributed by atoms with van der Waals surface area (Å²) in [6.07, 6.45) is 1.86. The number of fused-ring (bicyclic) bond motifs is 1. The van der Waals surface area contributed by atoms with Crippen LogP contribution in [0.5, 0.6) is 0 Å². The first-order chi connectivity index (χ1) is 31.8. The van der Waals surface area contributed by atoms with Crippen LogP contribution in [0.25, 0.3) is 0 Å². The number of hydrogen-bond acceptors (Lipinski definition) is 13. The molecule has 0 N–H and O–H groups in total. The van der Waals surface area contributed by atoms with Crippen molar-refractivity contribution in [3.05, 3.63) is 65.6 Å². The number of carbonyl (C=O) groups excluding carboxylic acids is 7. The largest absolute Gasteiger partial charge is 0.451 e. The Morgan fingerprint density at radius 1 is 0.618 bits per heavy atom. The lowest BCUT2D eigenvalue weighted by molar-refractivity contribution is -0.175. The summed E-state index contributed by atoms with van der Waals surface area (Å²) in [4.78, 5) is 105. The number of ether oxygens (including phenoxy) is 4. The minimum atomic E-state index is -1.41. The molecule has 17 nitrogen and oxygen atoms in total. The molecule has 1 aromatic carbocycles. The van der Waals surface area contributed by atoms with Crippen LogP contribution in [-0.2, 0) is 65.5 Å². The lowest BCUT2D eigenvalue weighted by Gasteiger charge is -2.36. The van der Waals surface area contributed by atoms with Crippen LogP contribution in [0.2, 0.25) is 0 Å². The van der Waals surface area contributed by atoms with Crippen LogP contribution >= 0.6 is 0 Å². The zero-order valence-electron chi connectivity index (χ0n) is 42.9. The molecule has 68 heavy (non-hydrogen) atoms. The standard InChI is InChI=1S/C51H76N6O11/c1-16-40-45(59)55(14)39(26-32(6)7)49(63)68-51(11)28-42(51)53(12)37(24-30(2)3)47(61)67-41(27-35-18-20-36(21-19-35)29-57-23-17-22-52-57)46(60)56(15)43(33(8)9)50(64)65-34(10)44(58)54(13)38(25-31(4)5)48(62)66-40/h17-23,28,30-34,37-41,43H,16,24-27,29H2,1-15H3/t34-,37?,38+,39+,40-,41-,43?,51+/m1/s1. The zero-order valence-corrected chi connectivity index (χ0v) is 42.9. The van der Waals surface area contributed by atoms with Gasteiger partial charge < -0.3 is 38.5 Å². The molecule has 1 aromatic heterocycles. The number of aromatic nitrogens is 2. The molecule has 0 radical (unpaired) electrons. The van der Waals surface area contributed by atoms with E-state index in [-0.39, 0.29) is 43.4 Å². The van der Waals surface area contributed by atoms with E-state index < -0.39 is 95.6 Å². The Labute approximate surface area is 402 Å². The van der Waals surface area contributed by atoms with Gasteiger partial charge in [0.15, 0.2) is 23.9 Å². The molecular formula is C51H76N6O11. The van der Waals surface area contributed by atoms with Crippen molar-refractivity contribution in [3.63, 3.8) is 0 Å². The molecule has 1 fully saturated rings. The van der Waals surface area contributed by atoms with E-state index in [0.717, 1.165) is 10.5 Å². The maximum Gasteiger partial charge on any atom is 0.330 e. The Kier molecular flexibility index (Phi) is 19.0. The number of nitrogens with zero attached hydrogens (tertiary/aromatic N) is 6. The monoisotopic (exact) mass is 949 g/mol. The SMILES string of the molecule is CC[C@H]1OC(=O)[C@H](CC(C)C)N(C)C(=O)[C@@H](C)OC(=O)C(C(C)C)N(C)C(=O)[C@@H](Cc2ccc(Cn3cccn3)cc2)OC(=O)C(CC(C)C)N(C)C2=C[C@]2(C)OC(=O)[C@H](CC(C)C)N(C)C1=O. The first-order valence-corrected chi connectivity index (χ1v) is 24.0. The van der Waals surface area contributed by atoms with Crippen molar-refractivity contribution in [2.75, 3.05) is 28.2 Å². The van der Waals surface area contributed by atoms with Gasteiger partial charge in [-0.3, -0.25) is 19.1 Å². The molecule has 0 spiro atoms. The third-order valence-electron chi connectivity index (χ3n) is 12.6. The molecular weight excluding hydrogens is 873 g/mol. The molecule has 1 saturated heterocycles. The smallest absolute Gasteiger partial charge is 0.330 e. The zero-order chi connectivity index (χ0) is 50.9. The first-order valence-electron chi connectivity index (χ1n) is 24.0.